The molecule has 2 heterocycles. The van der Waals surface area contributed by atoms with Gasteiger partial charge in [0.15, 0.2) is 10.7 Å². The molecule has 0 bridgehead atoms. The summed E-state index contributed by atoms with van der Waals surface area (Å²) in [4.78, 5) is 6.16. The third kappa shape index (κ3) is 4.04. The standard InChI is InChI=1S/C21H24ClF3N4O2S/c1-28(2)15-5-4-8-21(15)9-10-29(12-21)14-11-13(23)20(19(25)18(14)22)32(30,31)27-17-7-3-6-16(24)26-17/h3,6-7,11,15H,4-5,8-10,12H2,1-2H3,(H,26,27)/t15-,21+/m1/s1. The highest BCUT2D eigenvalue weighted by Crippen LogP contribution is 2.49. The molecule has 32 heavy (non-hydrogen) atoms. The number of halogens is 4. The highest BCUT2D eigenvalue weighted by Gasteiger charge is 2.48. The van der Waals surface area contributed by atoms with Gasteiger partial charge in [0.25, 0.3) is 10.0 Å². The summed E-state index contributed by atoms with van der Waals surface area (Å²) in [6, 6.07) is 4.72. The molecule has 2 atom stereocenters. The van der Waals surface area contributed by atoms with Crippen LogP contribution in [0.1, 0.15) is 25.7 Å². The highest BCUT2D eigenvalue weighted by atomic mass is 35.5. The second-order valence-electron chi connectivity index (χ2n) is 8.69. The third-order valence-electron chi connectivity index (χ3n) is 6.53. The van der Waals surface area contributed by atoms with Gasteiger partial charge in [-0.2, -0.15) is 4.39 Å². The molecular formula is C21H24ClF3N4O2S. The molecule has 1 aromatic carbocycles. The van der Waals surface area contributed by atoms with Gasteiger partial charge < -0.3 is 9.80 Å². The van der Waals surface area contributed by atoms with Crippen LogP contribution in [0.25, 0.3) is 0 Å². The van der Waals surface area contributed by atoms with Gasteiger partial charge in [-0.1, -0.05) is 24.1 Å². The van der Waals surface area contributed by atoms with E-state index in [9.17, 15) is 17.2 Å². The van der Waals surface area contributed by atoms with Crippen molar-refractivity contribution in [2.45, 2.75) is 36.6 Å². The van der Waals surface area contributed by atoms with Crippen molar-refractivity contribution in [3.05, 3.63) is 46.9 Å². The fourth-order valence-electron chi connectivity index (χ4n) is 5.20. The Morgan fingerprint density at radius 3 is 2.69 bits per heavy atom. The summed E-state index contributed by atoms with van der Waals surface area (Å²) in [6.45, 7) is 1.16. The first-order valence-corrected chi connectivity index (χ1v) is 12.1. The Morgan fingerprint density at radius 2 is 2.00 bits per heavy atom. The lowest BCUT2D eigenvalue weighted by Crippen LogP contribution is -2.42. The van der Waals surface area contributed by atoms with E-state index in [-0.39, 0.29) is 11.1 Å². The molecule has 6 nitrogen and oxygen atoms in total. The van der Waals surface area contributed by atoms with Gasteiger partial charge >= 0.3 is 0 Å². The number of hydrogen-bond donors (Lipinski definition) is 1. The molecule has 2 aliphatic rings. The Bertz CT molecular complexity index is 1150. The summed E-state index contributed by atoms with van der Waals surface area (Å²) in [7, 11) is -0.666. The minimum absolute atomic E-state index is 0.00906. The van der Waals surface area contributed by atoms with Crippen LogP contribution in [0.5, 0.6) is 0 Å². The highest BCUT2D eigenvalue weighted by molar-refractivity contribution is 7.92. The van der Waals surface area contributed by atoms with Gasteiger partial charge in [0.2, 0.25) is 5.95 Å². The van der Waals surface area contributed by atoms with Gasteiger partial charge in [-0.15, -0.1) is 0 Å². The average Bonchev–Trinajstić information content (AvgIpc) is 3.31. The van der Waals surface area contributed by atoms with E-state index in [2.05, 4.69) is 9.88 Å². The van der Waals surface area contributed by atoms with Crippen LogP contribution in [-0.2, 0) is 10.0 Å². The lowest BCUT2D eigenvalue weighted by molar-refractivity contribution is 0.153. The summed E-state index contributed by atoms with van der Waals surface area (Å²) in [5.74, 6) is -4.00. The van der Waals surface area contributed by atoms with Crippen LogP contribution >= 0.6 is 11.6 Å². The second-order valence-corrected chi connectivity index (χ2v) is 10.7. The summed E-state index contributed by atoms with van der Waals surface area (Å²) >= 11 is 6.22. The molecule has 1 aromatic heterocycles. The van der Waals surface area contributed by atoms with E-state index in [1.54, 1.807) is 0 Å². The summed E-state index contributed by atoms with van der Waals surface area (Å²) in [5, 5.41) is -0.463. The van der Waals surface area contributed by atoms with E-state index >= 15 is 4.39 Å². The zero-order valence-corrected chi connectivity index (χ0v) is 19.3. The number of nitrogens with zero attached hydrogens (tertiary/aromatic N) is 3. The molecule has 4 rings (SSSR count). The summed E-state index contributed by atoms with van der Waals surface area (Å²) < 4.78 is 70.5. The number of sulfonamides is 1. The normalized spacial score (nSPS) is 23.5. The van der Waals surface area contributed by atoms with Crippen molar-refractivity contribution in [3.8, 4) is 0 Å². The number of pyridine rings is 1. The van der Waals surface area contributed by atoms with Gasteiger partial charge in [0.05, 0.1) is 5.69 Å². The van der Waals surface area contributed by atoms with Crippen LogP contribution in [-0.4, -0.2) is 51.5 Å². The molecule has 1 N–H and O–H groups in total. The second kappa shape index (κ2) is 8.39. The summed E-state index contributed by atoms with van der Waals surface area (Å²) in [6.07, 6.45) is 4.03. The first-order valence-electron chi connectivity index (χ1n) is 10.3. The third-order valence-corrected chi connectivity index (χ3v) is 8.28. The molecule has 2 aromatic rings. The number of rotatable bonds is 5. The van der Waals surface area contributed by atoms with Crippen molar-refractivity contribution in [1.82, 2.24) is 9.88 Å². The fourth-order valence-corrected chi connectivity index (χ4v) is 6.67. The van der Waals surface area contributed by atoms with Gasteiger partial charge in [0, 0.05) is 30.6 Å². The van der Waals surface area contributed by atoms with Gasteiger partial charge in [0.1, 0.15) is 16.7 Å². The number of aromatic nitrogens is 1. The first-order chi connectivity index (χ1) is 15.0. The first kappa shape index (κ1) is 23.1. The number of nitrogens with one attached hydrogen (secondary N) is 1. The Morgan fingerprint density at radius 1 is 1.25 bits per heavy atom. The number of anilines is 2. The Balaban J connectivity index is 1.65. The monoisotopic (exact) mass is 488 g/mol. The predicted molar refractivity (Wildman–Crippen MR) is 117 cm³/mol. The molecule has 1 saturated heterocycles. The predicted octanol–water partition coefficient (Wildman–Crippen LogP) is 4.26. The molecule has 0 radical (unpaired) electrons. The lowest BCUT2D eigenvalue weighted by Gasteiger charge is -2.36. The van der Waals surface area contributed by atoms with E-state index in [1.807, 2.05) is 23.7 Å². The van der Waals surface area contributed by atoms with Crippen LogP contribution in [0, 0.1) is 23.0 Å². The Hall–Kier alpha value is -2.04. The number of benzene rings is 1. The van der Waals surface area contributed by atoms with Crippen molar-refractivity contribution in [1.29, 1.82) is 0 Å². The molecule has 0 amide bonds. The van der Waals surface area contributed by atoms with Crippen LogP contribution in [0.15, 0.2) is 29.2 Å². The maximum absolute atomic E-state index is 15.1. The van der Waals surface area contributed by atoms with E-state index in [0.717, 1.165) is 37.8 Å². The lowest BCUT2D eigenvalue weighted by atomic mass is 9.81. The molecule has 1 saturated carbocycles. The maximum atomic E-state index is 15.1. The van der Waals surface area contributed by atoms with E-state index in [4.69, 9.17) is 11.6 Å². The molecule has 11 heteroatoms. The van der Waals surface area contributed by atoms with E-state index in [0.29, 0.717) is 19.1 Å². The summed E-state index contributed by atoms with van der Waals surface area (Å²) in [5.41, 5.74) is 0.139. The van der Waals surface area contributed by atoms with Gasteiger partial charge in [-0.05, 0) is 45.5 Å². The van der Waals surface area contributed by atoms with Crippen LogP contribution < -0.4 is 9.62 Å². The average molecular weight is 489 g/mol. The molecule has 1 spiro atoms. The van der Waals surface area contributed by atoms with Crippen molar-refractivity contribution >= 4 is 33.1 Å². The van der Waals surface area contributed by atoms with Crippen molar-refractivity contribution in [2.24, 2.45) is 5.41 Å². The topological polar surface area (TPSA) is 65.5 Å². The Kier molecular flexibility index (Phi) is 6.06. The smallest absolute Gasteiger partial charge is 0.268 e. The maximum Gasteiger partial charge on any atom is 0.268 e. The Labute approximate surface area is 190 Å². The minimum atomic E-state index is -4.74. The SMILES string of the molecule is CN(C)[C@@H]1CCC[C@@]12CCN(c1cc(F)c(S(=O)(=O)Nc3cccc(F)n3)c(F)c1Cl)C2. The van der Waals surface area contributed by atoms with Gasteiger partial charge in [-0.25, -0.2) is 22.2 Å². The zero-order chi connectivity index (χ0) is 23.3. The number of hydrogen-bond acceptors (Lipinski definition) is 5. The van der Waals surface area contributed by atoms with Crippen LogP contribution in [0.4, 0.5) is 24.7 Å². The minimum Gasteiger partial charge on any atom is -0.370 e. The van der Waals surface area contributed by atoms with Crippen LogP contribution in [0.2, 0.25) is 5.02 Å². The van der Waals surface area contributed by atoms with Crippen molar-refractivity contribution < 1.29 is 21.6 Å². The largest absolute Gasteiger partial charge is 0.370 e. The molecular weight excluding hydrogens is 465 g/mol. The molecule has 0 unspecified atom stereocenters. The fraction of sp³-hybridized carbons (Fsp3) is 0.476. The van der Waals surface area contributed by atoms with Crippen molar-refractivity contribution in [3.63, 3.8) is 0 Å². The molecule has 2 fully saturated rings. The van der Waals surface area contributed by atoms with Crippen LogP contribution in [0.3, 0.4) is 0 Å². The molecule has 1 aliphatic carbocycles. The van der Waals surface area contributed by atoms with Gasteiger partial charge in [-0.3, -0.25) is 4.72 Å². The quantitative estimate of drug-likeness (QED) is 0.503. The van der Waals surface area contributed by atoms with Crippen molar-refractivity contribution in [2.75, 3.05) is 36.8 Å². The molecule has 174 valence electrons. The molecule has 1 aliphatic heterocycles. The zero-order valence-electron chi connectivity index (χ0n) is 17.7. The van der Waals surface area contributed by atoms with E-state index < -0.39 is 43.3 Å². The van der Waals surface area contributed by atoms with E-state index in [1.165, 1.54) is 12.1 Å².